The molecule has 0 bridgehead atoms. The van der Waals surface area contributed by atoms with Crippen molar-refractivity contribution in [2.75, 3.05) is 0 Å². The third-order valence-electron chi connectivity index (χ3n) is 4.02. The van der Waals surface area contributed by atoms with Crippen LogP contribution in [0.1, 0.15) is 52.9 Å². The first-order valence-electron chi connectivity index (χ1n) is 6.66. The minimum atomic E-state index is -0.321. The summed E-state index contributed by atoms with van der Waals surface area (Å²) in [4.78, 5) is 11.8. The molecule has 1 aliphatic rings. The molecule has 3 unspecified atom stereocenters. The van der Waals surface area contributed by atoms with Crippen LogP contribution in [0.25, 0.3) is 0 Å². The van der Waals surface area contributed by atoms with E-state index in [1.807, 2.05) is 0 Å². The maximum Gasteiger partial charge on any atom is 0.237 e. The fraction of sp³-hybridized carbons (Fsp3) is 0.923. The predicted octanol–water partition coefficient (Wildman–Crippen LogP) is 2.05. The lowest BCUT2D eigenvalue weighted by Gasteiger charge is -2.22. The third-order valence-corrected chi connectivity index (χ3v) is 4.02. The molecular formula is C13H26N2O. The molecule has 4 atom stereocenters. The number of hydrogen-bond donors (Lipinski definition) is 2. The molecule has 3 N–H and O–H groups in total. The van der Waals surface area contributed by atoms with Gasteiger partial charge in [-0.2, -0.15) is 0 Å². The first-order chi connectivity index (χ1) is 7.60. The van der Waals surface area contributed by atoms with E-state index in [1.54, 1.807) is 0 Å². The third kappa shape index (κ3) is 3.21. The lowest BCUT2D eigenvalue weighted by atomic mass is 9.93. The summed E-state index contributed by atoms with van der Waals surface area (Å²) in [5, 5.41) is 3.11. The minimum Gasteiger partial charge on any atom is -0.352 e. The molecule has 0 aliphatic heterocycles. The molecular weight excluding hydrogens is 200 g/mol. The van der Waals surface area contributed by atoms with Gasteiger partial charge in [-0.1, -0.05) is 33.6 Å². The summed E-state index contributed by atoms with van der Waals surface area (Å²) in [5.74, 6) is 1.41. The molecule has 94 valence electrons. The average Bonchev–Trinajstić information content (AvgIpc) is 2.60. The van der Waals surface area contributed by atoms with Crippen molar-refractivity contribution < 1.29 is 4.79 Å². The van der Waals surface area contributed by atoms with Crippen molar-refractivity contribution in [2.24, 2.45) is 17.6 Å². The Morgan fingerprint density at radius 1 is 1.44 bits per heavy atom. The number of carbonyl (C=O) groups excluding carboxylic acids is 1. The monoisotopic (exact) mass is 226 g/mol. The highest BCUT2D eigenvalue weighted by Gasteiger charge is 2.32. The second kappa shape index (κ2) is 6.24. The lowest BCUT2D eigenvalue weighted by molar-refractivity contribution is -0.123. The van der Waals surface area contributed by atoms with Crippen molar-refractivity contribution in [1.82, 2.24) is 5.32 Å². The van der Waals surface area contributed by atoms with Crippen molar-refractivity contribution in [3.8, 4) is 0 Å². The highest BCUT2D eigenvalue weighted by Crippen LogP contribution is 2.33. The molecule has 3 nitrogen and oxygen atoms in total. The van der Waals surface area contributed by atoms with E-state index in [-0.39, 0.29) is 11.9 Å². The normalized spacial score (nSPS) is 31.4. The van der Waals surface area contributed by atoms with Crippen LogP contribution < -0.4 is 11.1 Å². The second-order valence-electron chi connectivity index (χ2n) is 5.12. The Balaban J connectivity index is 2.40. The summed E-state index contributed by atoms with van der Waals surface area (Å²) < 4.78 is 0. The molecule has 0 spiro atoms. The summed E-state index contributed by atoms with van der Waals surface area (Å²) in [6, 6.07) is 0.0261. The van der Waals surface area contributed by atoms with Crippen LogP contribution in [0.2, 0.25) is 0 Å². The molecule has 0 radical (unpaired) electrons. The van der Waals surface area contributed by atoms with E-state index in [0.717, 1.165) is 25.2 Å². The molecule has 1 fully saturated rings. The molecule has 16 heavy (non-hydrogen) atoms. The molecule has 1 aliphatic carbocycles. The van der Waals surface area contributed by atoms with Crippen LogP contribution in [0.3, 0.4) is 0 Å². The van der Waals surface area contributed by atoms with Gasteiger partial charge in [0, 0.05) is 6.04 Å². The van der Waals surface area contributed by atoms with Gasteiger partial charge in [0.15, 0.2) is 0 Å². The topological polar surface area (TPSA) is 55.1 Å². The zero-order valence-electron chi connectivity index (χ0n) is 10.8. The summed E-state index contributed by atoms with van der Waals surface area (Å²) in [5.41, 5.74) is 5.81. The van der Waals surface area contributed by atoms with Gasteiger partial charge in [0.2, 0.25) is 5.91 Å². The van der Waals surface area contributed by atoms with Crippen LogP contribution in [0.15, 0.2) is 0 Å². The first-order valence-corrected chi connectivity index (χ1v) is 6.66. The Morgan fingerprint density at radius 3 is 2.62 bits per heavy atom. The van der Waals surface area contributed by atoms with Gasteiger partial charge in [0.1, 0.15) is 0 Å². The van der Waals surface area contributed by atoms with Gasteiger partial charge in [0.05, 0.1) is 6.04 Å². The van der Waals surface area contributed by atoms with E-state index in [2.05, 4.69) is 26.1 Å². The van der Waals surface area contributed by atoms with Crippen molar-refractivity contribution in [3.63, 3.8) is 0 Å². The standard InChI is InChI=1S/C13H26N2O/c1-4-6-11(14)13(16)15-12-8-7-10(5-2)9(12)3/h9-12H,4-8,14H2,1-3H3,(H,15,16)/t9?,10?,11-,12?/m1/s1. The fourth-order valence-corrected chi connectivity index (χ4v) is 2.76. The molecule has 0 heterocycles. The number of amides is 1. The Morgan fingerprint density at radius 2 is 2.12 bits per heavy atom. The van der Waals surface area contributed by atoms with E-state index < -0.39 is 0 Å². The van der Waals surface area contributed by atoms with Crippen LogP contribution in [-0.4, -0.2) is 18.0 Å². The predicted molar refractivity (Wildman–Crippen MR) is 67.0 cm³/mol. The van der Waals surface area contributed by atoms with Crippen LogP contribution in [0.5, 0.6) is 0 Å². The van der Waals surface area contributed by atoms with Crippen molar-refractivity contribution in [3.05, 3.63) is 0 Å². The number of rotatable bonds is 5. The quantitative estimate of drug-likeness (QED) is 0.754. The van der Waals surface area contributed by atoms with E-state index in [9.17, 15) is 4.79 Å². The smallest absolute Gasteiger partial charge is 0.237 e. The molecule has 0 aromatic rings. The number of hydrogen-bond acceptors (Lipinski definition) is 2. The maximum absolute atomic E-state index is 11.8. The second-order valence-corrected chi connectivity index (χ2v) is 5.12. The minimum absolute atomic E-state index is 0.0375. The van der Waals surface area contributed by atoms with Gasteiger partial charge >= 0.3 is 0 Å². The Hall–Kier alpha value is -0.570. The first kappa shape index (κ1) is 13.5. The Bertz CT molecular complexity index is 230. The Labute approximate surface area is 99.2 Å². The largest absolute Gasteiger partial charge is 0.352 e. The van der Waals surface area contributed by atoms with Crippen molar-refractivity contribution in [1.29, 1.82) is 0 Å². The molecule has 1 saturated carbocycles. The highest BCUT2D eigenvalue weighted by molar-refractivity contribution is 5.81. The van der Waals surface area contributed by atoms with Crippen molar-refractivity contribution >= 4 is 5.91 Å². The SMILES string of the molecule is CCC[C@@H](N)C(=O)NC1CCC(CC)C1C. The fourth-order valence-electron chi connectivity index (χ4n) is 2.76. The molecule has 0 aromatic carbocycles. The van der Waals surface area contributed by atoms with Gasteiger partial charge in [-0.25, -0.2) is 0 Å². The van der Waals surface area contributed by atoms with Gasteiger partial charge in [-0.3, -0.25) is 4.79 Å². The van der Waals surface area contributed by atoms with Crippen LogP contribution in [0, 0.1) is 11.8 Å². The zero-order valence-corrected chi connectivity index (χ0v) is 10.8. The van der Waals surface area contributed by atoms with Crippen molar-refractivity contribution in [2.45, 2.75) is 65.0 Å². The average molecular weight is 226 g/mol. The number of nitrogens with two attached hydrogens (primary N) is 1. The van der Waals surface area contributed by atoms with Gasteiger partial charge in [-0.05, 0) is 31.1 Å². The van der Waals surface area contributed by atoms with E-state index in [0.29, 0.717) is 12.0 Å². The molecule has 0 aromatic heterocycles. The number of carbonyl (C=O) groups is 1. The van der Waals surface area contributed by atoms with Gasteiger partial charge in [0.25, 0.3) is 0 Å². The van der Waals surface area contributed by atoms with Gasteiger partial charge in [-0.15, -0.1) is 0 Å². The van der Waals surface area contributed by atoms with Crippen LogP contribution in [0.4, 0.5) is 0 Å². The molecule has 0 saturated heterocycles. The van der Waals surface area contributed by atoms with Crippen LogP contribution >= 0.6 is 0 Å². The summed E-state index contributed by atoms with van der Waals surface area (Å²) in [6.07, 6.45) is 5.32. The Kier molecular flexibility index (Phi) is 5.26. The maximum atomic E-state index is 11.8. The molecule has 1 rings (SSSR count). The summed E-state index contributed by atoms with van der Waals surface area (Å²) in [7, 11) is 0. The molecule has 1 amide bonds. The van der Waals surface area contributed by atoms with E-state index in [1.165, 1.54) is 12.8 Å². The van der Waals surface area contributed by atoms with E-state index in [4.69, 9.17) is 5.73 Å². The van der Waals surface area contributed by atoms with Crippen LogP contribution in [-0.2, 0) is 4.79 Å². The lowest BCUT2D eigenvalue weighted by Crippen LogP contribution is -2.46. The molecule has 3 heteroatoms. The zero-order chi connectivity index (χ0) is 12.1. The summed E-state index contributed by atoms with van der Waals surface area (Å²) in [6.45, 7) is 6.53. The highest BCUT2D eigenvalue weighted by atomic mass is 16.2. The van der Waals surface area contributed by atoms with Gasteiger partial charge < -0.3 is 11.1 Å². The summed E-state index contributed by atoms with van der Waals surface area (Å²) >= 11 is 0. The van der Waals surface area contributed by atoms with E-state index >= 15 is 0 Å². The number of nitrogens with one attached hydrogen (secondary N) is 1.